The Morgan fingerprint density at radius 2 is 2.03 bits per heavy atom. The lowest BCUT2D eigenvalue weighted by atomic mass is 9.91. The van der Waals surface area contributed by atoms with E-state index in [1.54, 1.807) is 37.3 Å². The van der Waals surface area contributed by atoms with Gasteiger partial charge in [0.05, 0.1) is 29.6 Å². The first kappa shape index (κ1) is 20.2. The van der Waals surface area contributed by atoms with Gasteiger partial charge < -0.3 is 10.6 Å². The number of ketones is 1. The lowest BCUT2D eigenvalue weighted by Gasteiger charge is -2.22. The molecule has 0 bridgehead atoms. The Kier molecular flexibility index (Phi) is 5.48. The molecule has 1 unspecified atom stereocenters. The van der Waals surface area contributed by atoms with Crippen LogP contribution in [0.25, 0.3) is 0 Å². The Morgan fingerprint density at radius 1 is 1.28 bits per heavy atom. The van der Waals surface area contributed by atoms with Crippen molar-refractivity contribution in [2.24, 2.45) is 0 Å². The van der Waals surface area contributed by atoms with Crippen LogP contribution in [-0.4, -0.2) is 35.1 Å². The number of carbonyl (C=O) groups is 4. The fourth-order valence-corrected chi connectivity index (χ4v) is 3.87. The number of nitriles is 1. The van der Waals surface area contributed by atoms with Gasteiger partial charge in [0.2, 0.25) is 5.91 Å². The predicted molar refractivity (Wildman–Crippen MR) is 105 cm³/mol. The van der Waals surface area contributed by atoms with Gasteiger partial charge in [-0.05, 0) is 36.8 Å². The molecule has 1 saturated heterocycles. The van der Waals surface area contributed by atoms with Crippen LogP contribution in [0.1, 0.15) is 39.5 Å². The maximum atomic E-state index is 13.0. The van der Waals surface area contributed by atoms with Gasteiger partial charge in [-0.25, -0.2) is 4.79 Å². The molecule has 0 saturated carbocycles. The first-order valence-electron chi connectivity index (χ1n) is 8.75. The number of urea groups is 1. The summed E-state index contributed by atoms with van der Waals surface area (Å²) in [5.74, 6) is -1.10. The Bertz CT molecular complexity index is 1050. The summed E-state index contributed by atoms with van der Waals surface area (Å²) >= 11 is 1.20. The number of Topliss-reactive ketones (excluding diaryl/α,β-unsaturated/α-hetero) is 1. The monoisotopic (exact) mass is 410 g/mol. The number of thiophene rings is 1. The van der Waals surface area contributed by atoms with E-state index in [0.717, 1.165) is 9.78 Å². The van der Waals surface area contributed by atoms with E-state index in [1.165, 1.54) is 24.3 Å². The van der Waals surface area contributed by atoms with E-state index in [-0.39, 0.29) is 11.7 Å². The Morgan fingerprint density at radius 3 is 2.72 bits per heavy atom. The molecule has 1 aromatic carbocycles. The first-order chi connectivity index (χ1) is 13.7. The van der Waals surface area contributed by atoms with E-state index in [1.807, 2.05) is 6.07 Å². The smallest absolute Gasteiger partial charge is 0.325 e. The van der Waals surface area contributed by atoms with Crippen LogP contribution in [0.2, 0.25) is 0 Å². The van der Waals surface area contributed by atoms with Gasteiger partial charge >= 0.3 is 6.03 Å². The number of nitrogens with one attached hydrogen (secondary N) is 2. The Balaban J connectivity index is 1.75. The molecule has 3 rings (SSSR count). The molecule has 0 spiro atoms. The van der Waals surface area contributed by atoms with Crippen LogP contribution in [0.4, 0.5) is 4.79 Å². The van der Waals surface area contributed by atoms with Gasteiger partial charge in [0.15, 0.2) is 5.78 Å². The van der Waals surface area contributed by atoms with Crippen molar-refractivity contribution in [1.82, 2.24) is 15.5 Å². The van der Waals surface area contributed by atoms with Crippen LogP contribution in [0, 0.1) is 11.3 Å². The minimum atomic E-state index is -1.35. The normalized spacial score (nSPS) is 18.3. The molecule has 4 amide bonds. The number of hydrogen-bond donors (Lipinski definition) is 2. The van der Waals surface area contributed by atoms with Gasteiger partial charge in [0, 0.05) is 11.8 Å². The van der Waals surface area contributed by atoms with Crippen molar-refractivity contribution in [2.45, 2.75) is 25.9 Å². The summed E-state index contributed by atoms with van der Waals surface area (Å²) < 4.78 is 0. The second-order valence-electron chi connectivity index (χ2n) is 6.74. The molecule has 0 radical (unpaired) electrons. The number of imide groups is 1. The zero-order valence-electron chi connectivity index (χ0n) is 15.8. The van der Waals surface area contributed by atoms with E-state index in [0.29, 0.717) is 22.5 Å². The van der Waals surface area contributed by atoms with Crippen molar-refractivity contribution < 1.29 is 19.2 Å². The van der Waals surface area contributed by atoms with Crippen molar-refractivity contribution >= 4 is 35.0 Å². The summed E-state index contributed by atoms with van der Waals surface area (Å²) in [5, 5.41) is 14.3. The van der Waals surface area contributed by atoms with Crippen molar-refractivity contribution in [3.05, 3.63) is 57.3 Å². The molecule has 1 aliphatic rings. The minimum Gasteiger partial charge on any atom is -0.351 e. The van der Waals surface area contributed by atoms with Gasteiger partial charge in [0.25, 0.3) is 5.91 Å². The average Bonchev–Trinajstić information content (AvgIpc) is 3.26. The second kappa shape index (κ2) is 7.85. The molecule has 148 valence electrons. The molecule has 2 aromatic rings. The summed E-state index contributed by atoms with van der Waals surface area (Å²) in [7, 11) is 0. The lowest BCUT2D eigenvalue weighted by Crippen LogP contribution is -2.41. The van der Waals surface area contributed by atoms with Crippen LogP contribution < -0.4 is 10.6 Å². The van der Waals surface area contributed by atoms with Crippen LogP contribution in [0.5, 0.6) is 0 Å². The van der Waals surface area contributed by atoms with Gasteiger partial charge in [-0.1, -0.05) is 12.1 Å². The topological polar surface area (TPSA) is 119 Å². The average molecular weight is 410 g/mol. The van der Waals surface area contributed by atoms with E-state index in [4.69, 9.17) is 5.26 Å². The Hall–Kier alpha value is -3.51. The summed E-state index contributed by atoms with van der Waals surface area (Å²) in [6.07, 6.45) is 0. The molecule has 0 aliphatic carbocycles. The van der Waals surface area contributed by atoms with Crippen molar-refractivity contribution in [2.75, 3.05) is 6.54 Å². The fourth-order valence-electron chi connectivity index (χ4n) is 2.99. The molecule has 1 atom stereocenters. The van der Waals surface area contributed by atoms with Crippen LogP contribution in [-0.2, 0) is 21.7 Å². The SMILES string of the molecule is CC(=O)NCc1ccc(C(=O)CN2C(=O)NC(C)(c3cccc(C#N)c3)C2=O)s1. The van der Waals surface area contributed by atoms with Gasteiger partial charge in [-0.3, -0.25) is 19.3 Å². The van der Waals surface area contributed by atoms with Gasteiger partial charge in [-0.15, -0.1) is 11.3 Å². The molecular formula is C20H18N4O4S. The highest BCUT2D eigenvalue weighted by molar-refractivity contribution is 7.14. The Labute approximate surface area is 171 Å². The highest BCUT2D eigenvalue weighted by Crippen LogP contribution is 2.29. The summed E-state index contributed by atoms with van der Waals surface area (Å²) in [5.41, 5.74) is -0.514. The highest BCUT2D eigenvalue weighted by atomic mass is 32.1. The maximum Gasteiger partial charge on any atom is 0.325 e. The first-order valence-corrected chi connectivity index (χ1v) is 9.57. The predicted octanol–water partition coefficient (Wildman–Crippen LogP) is 1.91. The van der Waals surface area contributed by atoms with E-state index in [2.05, 4.69) is 10.6 Å². The highest BCUT2D eigenvalue weighted by Gasteiger charge is 2.49. The van der Waals surface area contributed by atoms with E-state index >= 15 is 0 Å². The van der Waals surface area contributed by atoms with Crippen LogP contribution in [0.3, 0.4) is 0 Å². The van der Waals surface area contributed by atoms with Gasteiger partial charge in [0.1, 0.15) is 5.54 Å². The van der Waals surface area contributed by atoms with Crippen LogP contribution in [0.15, 0.2) is 36.4 Å². The second-order valence-corrected chi connectivity index (χ2v) is 7.91. The summed E-state index contributed by atoms with van der Waals surface area (Å²) in [6.45, 7) is 2.87. The molecular weight excluding hydrogens is 392 g/mol. The fraction of sp³-hybridized carbons (Fsp3) is 0.250. The third-order valence-electron chi connectivity index (χ3n) is 4.59. The van der Waals surface area contributed by atoms with Crippen molar-refractivity contribution in [1.29, 1.82) is 5.26 Å². The number of nitrogens with zero attached hydrogens (tertiary/aromatic N) is 2. The van der Waals surface area contributed by atoms with E-state index in [9.17, 15) is 19.2 Å². The number of amides is 4. The third-order valence-corrected chi connectivity index (χ3v) is 5.72. The quantitative estimate of drug-likeness (QED) is 0.557. The molecule has 1 aliphatic heterocycles. The molecule has 2 heterocycles. The maximum absolute atomic E-state index is 13.0. The largest absolute Gasteiger partial charge is 0.351 e. The zero-order chi connectivity index (χ0) is 21.2. The molecule has 8 nitrogen and oxygen atoms in total. The van der Waals surface area contributed by atoms with Crippen LogP contribution >= 0.6 is 11.3 Å². The molecule has 29 heavy (non-hydrogen) atoms. The number of rotatable bonds is 6. The van der Waals surface area contributed by atoms with E-state index < -0.39 is 24.0 Å². The third kappa shape index (κ3) is 4.02. The molecule has 1 aromatic heterocycles. The summed E-state index contributed by atoms with van der Waals surface area (Å²) in [4.78, 5) is 51.0. The minimum absolute atomic E-state index is 0.176. The standard InChI is InChI=1S/C20H18N4O4S/c1-12(25)22-10-15-6-7-17(29-15)16(26)11-24-18(27)20(2,23-19(24)28)14-5-3-4-13(8-14)9-21/h3-8H,10-11H2,1-2H3,(H,22,25)(H,23,28). The lowest BCUT2D eigenvalue weighted by molar-refractivity contribution is -0.130. The molecule has 9 heteroatoms. The van der Waals surface area contributed by atoms with Gasteiger partial charge in [-0.2, -0.15) is 5.26 Å². The van der Waals surface area contributed by atoms with Crippen molar-refractivity contribution in [3.8, 4) is 6.07 Å². The number of hydrogen-bond acceptors (Lipinski definition) is 6. The number of benzene rings is 1. The zero-order valence-corrected chi connectivity index (χ0v) is 16.6. The molecule has 1 fully saturated rings. The summed E-state index contributed by atoms with van der Waals surface area (Å²) in [6, 6.07) is 11.1. The van der Waals surface area contributed by atoms with Crippen molar-refractivity contribution in [3.63, 3.8) is 0 Å². The molecule has 2 N–H and O–H groups in total. The number of carbonyl (C=O) groups excluding carboxylic acids is 4.